The van der Waals surface area contributed by atoms with E-state index in [0.29, 0.717) is 32.2 Å². The number of rotatable bonds is 11. The van der Waals surface area contributed by atoms with E-state index in [-0.39, 0.29) is 17.7 Å². The molecule has 1 aliphatic heterocycles. The summed E-state index contributed by atoms with van der Waals surface area (Å²) in [6.07, 6.45) is 2.08. The number of carboxylic acid groups (broad SMARTS) is 1. The Morgan fingerprint density at radius 2 is 1.80 bits per heavy atom. The summed E-state index contributed by atoms with van der Waals surface area (Å²) in [5.74, 6) is -2.95. The number of amides is 3. The van der Waals surface area contributed by atoms with E-state index in [2.05, 4.69) is 10.6 Å². The zero-order valence-electron chi connectivity index (χ0n) is 18.3. The van der Waals surface area contributed by atoms with Gasteiger partial charge in [0.15, 0.2) is 0 Å². The molecule has 172 valence electrons. The molecule has 0 aromatic carbocycles. The molecule has 1 aliphatic rings. The molecule has 5 atom stereocenters. The molecular formula is C20H36N4O6. The highest BCUT2D eigenvalue weighted by Crippen LogP contribution is 2.20. The fourth-order valence-corrected chi connectivity index (χ4v) is 3.52. The first-order valence-corrected chi connectivity index (χ1v) is 10.5. The lowest BCUT2D eigenvalue weighted by Crippen LogP contribution is -2.58. The highest BCUT2D eigenvalue weighted by atomic mass is 16.4. The molecule has 0 aromatic rings. The van der Waals surface area contributed by atoms with Crippen molar-refractivity contribution >= 4 is 23.7 Å². The zero-order valence-corrected chi connectivity index (χ0v) is 18.3. The Balaban J connectivity index is 2.80. The quantitative estimate of drug-likeness (QED) is 0.295. The van der Waals surface area contributed by atoms with Gasteiger partial charge in [0.1, 0.15) is 18.1 Å². The number of likely N-dealkylation sites (tertiary alicyclic amines) is 1. The van der Waals surface area contributed by atoms with E-state index in [0.717, 1.165) is 0 Å². The number of aliphatic hydroxyl groups is 1. The van der Waals surface area contributed by atoms with Gasteiger partial charge in [-0.25, -0.2) is 4.79 Å². The van der Waals surface area contributed by atoms with Gasteiger partial charge in [-0.15, -0.1) is 0 Å². The van der Waals surface area contributed by atoms with Gasteiger partial charge >= 0.3 is 5.97 Å². The third-order valence-corrected chi connectivity index (χ3v) is 5.47. The highest BCUT2D eigenvalue weighted by Gasteiger charge is 2.38. The summed E-state index contributed by atoms with van der Waals surface area (Å²) < 4.78 is 0. The van der Waals surface area contributed by atoms with Gasteiger partial charge in [0.25, 0.3) is 0 Å². The minimum absolute atomic E-state index is 0.231. The van der Waals surface area contributed by atoms with E-state index < -0.39 is 48.6 Å². The molecule has 0 radical (unpaired) electrons. The largest absolute Gasteiger partial charge is 0.480 e. The van der Waals surface area contributed by atoms with Crippen LogP contribution in [-0.4, -0.2) is 76.1 Å². The molecule has 6 N–H and O–H groups in total. The van der Waals surface area contributed by atoms with Crippen LogP contribution in [0.15, 0.2) is 0 Å². The van der Waals surface area contributed by atoms with E-state index in [1.54, 1.807) is 13.8 Å². The second-order valence-corrected chi connectivity index (χ2v) is 8.38. The van der Waals surface area contributed by atoms with Gasteiger partial charge in [-0.3, -0.25) is 14.4 Å². The Kier molecular flexibility index (Phi) is 10.2. The average molecular weight is 429 g/mol. The van der Waals surface area contributed by atoms with Crippen LogP contribution in [0.5, 0.6) is 0 Å². The summed E-state index contributed by atoms with van der Waals surface area (Å²) in [6.45, 7) is 7.10. The van der Waals surface area contributed by atoms with Crippen molar-refractivity contribution in [2.24, 2.45) is 17.6 Å². The molecule has 3 amide bonds. The molecule has 0 aliphatic carbocycles. The maximum Gasteiger partial charge on any atom is 0.326 e. The first-order chi connectivity index (χ1) is 14.0. The molecule has 5 unspecified atom stereocenters. The predicted molar refractivity (Wildman–Crippen MR) is 110 cm³/mol. The molecule has 10 nitrogen and oxygen atoms in total. The molecule has 1 fully saturated rings. The molecule has 30 heavy (non-hydrogen) atoms. The smallest absolute Gasteiger partial charge is 0.326 e. The van der Waals surface area contributed by atoms with Crippen LogP contribution in [0.3, 0.4) is 0 Å². The van der Waals surface area contributed by atoms with Gasteiger partial charge in [0.2, 0.25) is 17.7 Å². The number of aliphatic hydroxyl groups excluding tert-OH is 1. The Morgan fingerprint density at radius 3 is 2.30 bits per heavy atom. The van der Waals surface area contributed by atoms with Crippen molar-refractivity contribution in [2.75, 3.05) is 13.2 Å². The zero-order chi connectivity index (χ0) is 23.0. The average Bonchev–Trinajstić information content (AvgIpc) is 3.17. The second kappa shape index (κ2) is 11.8. The van der Waals surface area contributed by atoms with Crippen LogP contribution in [0.1, 0.15) is 53.4 Å². The summed E-state index contributed by atoms with van der Waals surface area (Å²) in [5, 5.41) is 23.7. The third kappa shape index (κ3) is 6.94. The summed E-state index contributed by atoms with van der Waals surface area (Å²) in [7, 11) is 0. The lowest BCUT2D eigenvalue weighted by Gasteiger charge is -2.29. The normalized spacial score (nSPS) is 20.4. The lowest BCUT2D eigenvalue weighted by molar-refractivity contribution is -0.144. The van der Waals surface area contributed by atoms with E-state index in [9.17, 15) is 29.4 Å². The topological polar surface area (TPSA) is 162 Å². The van der Waals surface area contributed by atoms with Crippen molar-refractivity contribution in [3.8, 4) is 0 Å². The number of carbonyl (C=O) groups excluding carboxylic acids is 3. The molecule has 1 heterocycles. The Bertz CT molecular complexity index is 626. The first kappa shape index (κ1) is 25.8. The lowest BCUT2D eigenvalue weighted by atomic mass is 9.99. The number of hydrogen-bond acceptors (Lipinski definition) is 6. The number of aliphatic carboxylic acids is 1. The van der Waals surface area contributed by atoms with Gasteiger partial charge in [-0.2, -0.15) is 0 Å². The van der Waals surface area contributed by atoms with Crippen LogP contribution >= 0.6 is 0 Å². The maximum absolute atomic E-state index is 12.7. The molecule has 10 heteroatoms. The number of hydrogen-bond donors (Lipinski definition) is 5. The molecule has 0 bridgehead atoms. The molecule has 0 aromatic heterocycles. The fourth-order valence-electron chi connectivity index (χ4n) is 3.52. The van der Waals surface area contributed by atoms with Crippen LogP contribution in [0.25, 0.3) is 0 Å². The summed E-state index contributed by atoms with van der Waals surface area (Å²) >= 11 is 0. The minimum atomic E-state index is -1.31. The van der Waals surface area contributed by atoms with Crippen molar-refractivity contribution in [1.82, 2.24) is 15.5 Å². The number of nitrogens with zero attached hydrogens (tertiary/aromatic N) is 1. The van der Waals surface area contributed by atoms with Gasteiger partial charge in [0, 0.05) is 6.54 Å². The molecular weight excluding hydrogens is 392 g/mol. The van der Waals surface area contributed by atoms with Gasteiger partial charge in [-0.1, -0.05) is 34.1 Å². The molecule has 0 spiro atoms. The Labute approximate surface area is 177 Å². The number of nitrogens with one attached hydrogen (secondary N) is 2. The van der Waals surface area contributed by atoms with Crippen molar-refractivity contribution < 1.29 is 29.4 Å². The van der Waals surface area contributed by atoms with Gasteiger partial charge in [0.05, 0.1) is 12.6 Å². The maximum atomic E-state index is 12.7. The fraction of sp³-hybridized carbons (Fsp3) is 0.800. The summed E-state index contributed by atoms with van der Waals surface area (Å²) in [4.78, 5) is 50.7. The van der Waals surface area contributed by atoms with E-state index in [4.69, 9.17) is 5.73 Å². The SMILES string of the molecule is CCC(C)C(NC(=O)C(CO)NC(=O)C1CCCN1C(=O)C(N)CC(C)C)C(=O)O. The van der Waals surface area contributed by atoms with Gasteiger partial charge < -0.3 is 31.5 Å². The molecule has 1 saturated heterocycles. The minimum Gasteiger partial charge on any atom is -0.480 e. The summed E-state index contributed by atoms with van der Waals surface area (Å²) in [6, 6.07) is -3.93. The van der Waals surface area contributed by atoms with Crippen LogP contribution in [-0.2, 0) is 19.2 Å². The van der Waals surface area contributed by atoms with E-state index in [1.807, 2.05) is 13.8 Å². The predicted octanol–water partition coefficient (Wildman–Crippen LogP) is -0.557. The monoisotopic (exact) mass is 428 g/mol. The third-order valence-electron chi connectivity index (χ3n) is 5.47. The van der Waals surface area contributed by atoms with Crippen molar-refractivity contribution in [3.05, 3.63) is 0 Å². The van der Waals surface area contributed by atoms with Crippen LogP contribution in [0, 0.1) is 11.8 Å². The highest BCUT2D eigenvalue weighted by molar-refractivity contribution is 5.94. The Hall–Kier alpha value is -2.20. The first-order valence-electron chi connectivity index (χ1n) is 10.5. The number of carboxylic acids is 1. The summed E-state index contributed by atoms with van der Waals surface area (Å²) in [5.41, 5.74) is 5.98. The van der Waals surface area contributed by atoms with Gasteiger partial charge in [-0.05, 0) is 31.1 Å². The molecule has 1 rings (SSSR count). The van der Waals surface area contributed by atoms with Crippen LogP contribution < -0.4 is 16.4 Å². The van der Waals surface area contributed by atoms with Crippen molar-refractivity contribution in [1.29, 1.82) is 0 Å². The van der Waals surface area contributed by atoms with Crippen molar-refractivity contribution in [2.45, 2.75) is 77.5 Å². The molecule has 0 saturated carbocycles. The van der Waals surface area contributed by atoms with Crippen molar-refractivity contribution in [3.63, 3.8) is 0 Å². The number of carbonyl (C=O) groups is 4. The van der Waals surface area contributed by atoms with E-state index >= 15 is 0 Å². The van der Waals surface area contributed by atoms with Crippen LogP contribution in [0.2, 0.25) is 0 Å². The van der Waals surface area contributed by atoms with E-state index in [1.165, 1.54) is 4.90 Å². The Morgan fingerprint density at radius 1 is 1.17 bits per heavy atom. The van der Waals surface area contributed by atoms with Crippen LogP contribution in [0.4, 0.5) is 0 Å². The standard InChI is InChI=1S/C20H36N4O6/c1-5-12(4)16(20(29)30)23-17(26)14(10-25)22-18(27)15-7-6-8-24(15)19(28)13(21)9-11(2)3/h11-16,25H,5-10,21H2,1-4H3,(H,22,27)(H,23,26)(H,29,30). The second-order valence-electron chi connectivity index (χ2n) is 8.38. The number of nitrogens with two attached hydrogens (primary N) is 1.